The van der Waals surface area contributed by atoms with Crippen LogP contribution in [0.4, 0.5) is 13.2 Å². The molecular weight excluding hydrogens is 517 g/mol. The smallest absolute Gasteiger partial charge is 0.416 e. The van der Waals surface area contributed by atoms with Gasteiger partial charge in [-0.15, -0.1) is 0 Å². The van der Waals surface area contributed by atoms with Gasteiger partial charge in [-0.2, -0.15) is 18.4 Å². The molecule has 5 rings (SSSR count). The van der Waals surface area contributed by atoms with Crippen LogP contribution in [0.5, 0.6) is 5.75 Å². The molecule has 2 heterocycles. The Morgan fingerprint density at radius 3 is 2.30 bits per heavy atom. The normalized spacial score (nSPS) is 14.7. The predicted molar refractivity (Wildman–Crippen MR) is 144 cm³/mol. The molecule has 0 radical (unpaired) electrons. The summed E-state index contributed by atoms with van der Waals surface area (Å²) >= 11 is 0. The highest BCUT2D eigenvalue weighted by molar-refractivity contribution is 5.63. The third-order valence-electron chi connectivity index (χ3n) is 7.02. The van der Waals surface area contributed by atoms with Crippen molar-refractivity contribution in [1.29, 1.82) is 5.26 Å². The number of hydrogen-bond acceptors (Lipinski definition) is 6. The molecule has 3 aromatic carbocycles. The summed E-state index contributed by atoms with van der Waals surface area (Å²) in [4.78, 5) is 4.55. The van der Waals surface area contributed by atoms with Gasteiger partial charge in [-0.25, -0.2) is 0 Å². The lowest BCUT2D eigenvalue weighted by Gasteiger charge is -2.34. The van der Waals surface area contributed by atoms with Crippen molar-refractivity contribution < 1.29 is 22.4 Å². The summed E-state index contributed by atoms with van der Waals surface area (Å²) in [6, 6.07) is 22.7. The Labute approximate surface area is 231 Å². The van der Waals surface area contributed by atoms with Gasteiger partial charge in [-0.3, -0.25) is 9.80 Å². The Hall–Kier alpha value is -4.13. The topological polar surface area (TPSA) is 65.5 Å². The number of benzene rings is 3. The van der Waals surface area contributed by atoms with Gasteiger partial charge in [0.15, 0.2) is 5.76 Å². The first kappa shape index (κ1) is 27.4. The van der Waals surface area contributed by atoms with E-state index < -0.39 is 11.7 Å². The van der Waals surface area contributed by atoms with Crippen LogP contribution >= 0.6 is 0 Å². The summed E-state index contributed by atoms with van der Waals surface area (Å²) in [6.07, 6.45) is -4.31. The fourth-order valence-corrected chi connectivity index (χ4v) is 4.80. The van der Waals surface area contributed by atoms with E-state index in [1.54, 1.807) is 18.2 Å². The monoisotopic (exact) mass is 546 g/mol. The molecule has 9 heteroatoms. The number of hydrogen-bond donors (Lipinski definition) is 0. The minimum absolute atomic E-state index is 0.373. The van der Waals surface area contributed by atoms with Crippen LogP contribution in [0.3, 0.4) is 0 Å². The fraction of sp³-hybridized carbons (Fsp3) is 0.290. The van der Waals surface area contributed by atoms with Crippen molar-refractivity contribution in [2.45, 2.75) is 32.8 Å². The Morgan fingerprint density at radius 2 is 1.62 bits per heavy atom. The second-order valence-corrected chi connectivity index (χ2v) is 10.0. The van der Waals surface area contributed by atoms with E-state index in [-0.39, 0.29) is 0 Å². The van der Waals surface area contributed by atoms with Crippen molar-refractivity contribution in [2.75, 3.05) is 26.2 Å². The Bertz CT molecular complexity index is 1480. The van der Waals surface area contributed by atoms with E-state index in [0.717, 1.165) is 72.0 Å². The highest BCUT2D eigenvalue weighted by Crippen LogP contribution is 2.30. The Balaban J connectivity index is 1.12. The zero-order valence-electron chi connectivity index (χ0n) is 22.1. The molecule has 1 aliphatic heterocycles. The first-order chi connectivity index (χ1) is 19.3. The van der Waals surface area contributed by atoms with Crippen LogP contribution in [0.2, 0.25) is 0 Å². The zero-order chi connectivity index (χ0) is 28.1. The molecule has 0 bridgehead atoms. The first-order valence-electron chi connectivity index (χ1n) is 13.1. The molecule has 6 nitrogen and oxygen atoms in total. The number of aromatic nitrogens is 1. The van der Waals surface area contributed by atoms with Crippen LogP contribution in [-0.2, 0) is 25.9 Å². The Morgan fingerprint density at radius 1 is 0.900 bits per heavy atom. The van der Waals surface area contributed by atoms with Crippen molar-refractivity contribution in [3.63, 3.8) is 0 Å². The second-order valence-electron chi connectivity index (χ2n) is 10.0. The van der Waals surface area contributed by atoms with E-state index in [4.69, 9.17) is 14.5 Å². The minimum Gasteiger partial charge on any atom is -0.489 e. The van der Waals surface area contributed by atoms with Crippen LogP contribution in [0.25, 0.3) is 11.3 Å². The van der Waals surface area contributed by atoms with Gasteiger partial charge in [0.2, 0.25) is 0 Å². The van der Waals surface area contributed by atoms with Crippen molar-refractivity contribution in [3.05, 3.63) is 106 Å². The third-order valence-corrected chi connectivity index (χ3v) is 7.02. The summed E-state index contributed by atoms with van der Waals surface area (Å²) in [5, 5.41) is 13.3. The minimum atomic E-state index is -4.31. The van der Waals surface area contributed by atoms with Crippen molar-refractivity contribution in [1.82, 2.24) is 15.0 Å². The number of alkyl halides is 3. The summed E-state index contributed by atoms with van der Waals surface area (Å²) in [7, 11) is 0. The number of piperazine rings is 1. The quantitative estimate of drug-likeness (QED) is 0.254. The number of halogens is 3. The molecule has 0 amide bonds. The van der Waals surface area contributed by atoms with Crippen molar-refractivity contribution in [3.8, 4) is 23.1 Å². The van der Waals surface area contributed by atoms with E-state index in [9.17, 15) is 13.2 Å². The molecule has 0 unspecified atom stereocenters. The van der Waals surface area contributed by atoms with Gasteiger partial charge < -0.3 is 9.26 Å². The van der Waals surface area contributed by atoms with E-state index in [0.29, 0.717) is 31.0 Å². The zero-order valence-corrected chi connectivity index (χ0v) is 22.1. The average Bonchev–Trinajstić information content (AvgIpc) is 3.41. The molecule has 1 fully saturated rings. The summed E-state index contributed by atoms with van der Waals surface area (Å²) in [5.74, 6) is 1.43. The lowest BCUT2D eigenvalue weighted by atomic mass is 10.1. The maximum atomic E-state index is 12.8. The lowest BCUT2D eigenvalue weighted by molar-refractivity contribution is -0.137. The van der Waals surface area contributed by atoms with E-state index in [1.807, 2.05) is 49.4 Å². The SMILES string of the molecule is Cc1cc(OCc2cccc(C#N)c2)ccc1-c1cc(CN2CCN(Cc3ccc(C(F)(F)F)cc3)CC2)no1. The maximum Gasteiger partial charge on any atom is 0.416 e. The van der Waals surface area contributed by atoms with Gasteiger partial charge >= 0.3 is 6.18 Å². The number of nitrogens with zero attached hydrogens (tertiary/aromatic N) is 4. The molecule has 0 N–H and O–H groups in total. The molecule has 0 saturated carbocycles. The summed E-state index contributed by atoms with van der Waals surface area (Å²) in [5.41, 5.74) is 4.59. The summed E-state index contributed by atoms with van der Waals surface area (Å²) < 4.78 is 50.0. The summed E-state index contributed by atoms with van der Waals surface area (Å²) in [6.45, 7) is 7.00. The maximum absolute atomic E-state index is 12.8. The fourth-order valence-electron chi connectivity index (χ4n) is 4.80. The second kappa shape index (κ2) is 11.9. The van der Waals surface area contributed by atoms with Crippen molar-refractivity contribution in [2.24, 2.45) is 0 Å². The molecular formula is C31H29F3N4O2. The molecule has 0 aliphatic carbocycles. The largest absolute Gasteiger partial charge is 0.489 e. The third kappa shape index (κ3) is 6.89. The number of rotatable bonds is 8. The van der Waals surface area contributed by atoms with E-state index in [2.05, 4.69) is 21.0 Å². The lowest BCUT2D eigenvalue weighted by Crippen LogP contribution is -2.45. The molecule has 4 aromatic rings. The molecule has 1 aromatic heterocycles. The highest BCUT2D eigenvalue weighted by Gasteiger charge is 2.30. The van der Waals surface area contributed by atoms with Gasteiger partial charge in [0.05, 0.1) is 22.9 Å². The molecule has 40 heavy (non-hydrogen) atoms. The number of nitriles is 1. The van der Waals surface area contributed by atoms with Crippen molar-refractivity contribution >= 4 is 0 Å². The average molecular weight is 547 g/mol. The van der Waals surface area contributed by atoms with Crippen LogP contribution in [0.1, 0.15) is 33.5 Å². The molecule has 0 atom stereocenters. The first-order valence-corrected chi connectivity index (χ1v) is 13.1. The van der Waals surface area contributed by atoms with Crippen LogP contribution in [-0.4, -0.2) is 41.1 Å². The highest BCUT2D eigenvalue weighted by atomic mass is 19.4. The van der Waals surface area contributed by atoms with E-state index >= 15 is 0 Å². The van der Waals surface area contributed by atoms with Gasteiger partial charge in [0, 0.05) is 50.9 Å². The molecule has 206 valence electrons. The standard InChI is InChI=1S/C31H29F3N4O2/c1-22-15-28(39-21-25-4-2-3-24(16-25)18-35)9-10-29(22)30-17-27(36-40-30)20-38-13-11-37(12-14-38)19-23-5-7-26(8-6-23)31(32,33)34/h2-10,15-17H,11-14,19-21H2,1H3. The molecule has 1 aliphatic rings. The van der Waals surface area contributed by atoms with Gasteiger partial charge in [-0.1, -0.05) is 29.4 Å². The van der Waals surface area contributed by atoms with Gasteiger partial charge in [-0.05, 0) is 66.1 Å². The number of aryl methyl sites for hydroxylation is 1. The Kier molecular flexibility index (Phi) is 8.19. The molecule has 0 spiro atoms. The predicted octanol–water partition coefficient (Wildman–Crippen LogP) is 6.44. The van der Waals surface area contributed by atoms with E-state index in [1.165, 1.54) is 0 Å². The number of ether oxygens (including phenoxy) is 1. The van der Waals surface area contributed by atoms with Gasteiger partial charge in [0.1, 0.15) is 12.4 Å². The van der Waals surface area contributed by atoms with Crippen LogP contribution < -0.4 is 4.74 Å². The molecule has 1 saturated heterocycles. The van der Waals surface area contributed by atoms with Gasteiger partial charge in [0.25, 0.3) is 0 Å². The van der Waals surface area contributed by atoms with Crippen LogP contribution in [0.15, 0.2) is 77.3 Å². The van der Waals surface area contributed by atoms with Crippen LogP contribution in [0, 0.1) is 18.3 Å².